The van der Waals surface area contributed by atoms with Gasteiger partial charge < -0.3 is 9.88 Å². The van der Waals surface area contributed by atoms with Gasteiger partial charge >= 0.3 is 0 Å². The Balaban J connectivity index is 2.64. The van der Waals surface area contributed by atoms with E-state index in [-0.39, 0.29) is 4.75 Å². The lowest BCUT2D eigenvalue weighted by molar-refractivity contribution is 0.571. The summed E-state index contributed by atoms with van der Waals surface area (Å²) in [7, 11) is 0. The third kappa shape index (κ3) is 3.78. The molecule has 15 heavy (non-hydrogen) atoms. The first kappa shape index (κ1) is 12.4. The van der Waals surface area contributed by atoms with Gasteiger partial charge in [-0.05, 0) is 26.5 Å². The van der Waals surface area contributed by atoms with E-state index >= 15 is 0 Å². The Labute approximate surface area is 96.7 Å². The van der Waals surface area contributed by atoms with Crippen molar-refractivity contribution in [2.24, 2.45) is 0 Å². The fourth-order valence-corrected chi connectivity index (χ4v) is 1.58. The molecule has 86 valence electrons. The zero-order valence-corrected chi connectivity index (χ0v) is 10.9. The molecule has 0 aromatic carbocycles. The Morgan fingerprint density at radius 1 is 1.53 bits per heavy atom. The minimum absolute atomic E-state index is 0.253. The van der Waals surface area contributed by atoms with Crippen molar-refractivity contribution in [2.75, 3.05) is 18.1 Å². The number of imidazole rings is 1. The van der Waals surface area contributed by atoms with E-state index in [4.69, 9.17) is 0 Å². The van der Waals surface area contributed by atoms with E-state index in [0.29, 0.717) is 0 Å². The van der Waals surface area contributed by atoms with Crippen LogP contribution in [-0.4, -0.2) is 27.1 Å². The van der Waals surface area contributed by atoms with E-state index in [1.807, 2.05) is 24.2 Å². The summed E-state index contributed by atoms with van der Waals surface area (Å²) in [6, 6.07) is 0. The quantitative estimate of drug-likeness (QED) is 0.810. The third-order valence-electron chi connectivity index (χ3n) is 2.35. The number of rotatable bonds is 6. The van der Waals surface area contributed by atoms with Crippen molar-refractivity contribution >= 4 is 17.7 Å². The highest BCUT2D eigenvalue weighted by molar-refractivity contribution is 7.99. The zero-order valence-electron chi connectivity index (χ0n) is 10.1. The number of nitrogens with one attached hydrogen (secondary N) is 1. The summed E-state index contributed by atoms with van der Waals surface area (Å²) in [4.78, 5) is 4.31. The number of thioether (sulfide) groups is 1. The number of nitrogens with zero attached hydrogens (tertiary/aromatic N) is 2. The Kier molecular flexibility index (Phi) is 4.51. The van der Waals surface area contributed by atoms with Crippen molar-refractivity contribution in [3.63, 3.8) is 0 Å². The van der Waals surface area contributed by atoms with E-state index in [1.165, 1.54) is 0 Å². The monoisotopic (exact) mass is 227 g/mol. The summed E-state index contributed by atoms with van der Waals surface area (Å²) >= 11 is 1.88. The molecule has 0 aliphatic carbocycles. The highest BCUT2D eigenvalue weighted by Gasteiger charge is 2.17. The lowest BCUT2D eigenvalue weighted by Crippen LogP contribution is -2.23. The molecular formula is C11H21N3S. The largest absolute Gasteiger partial charge is 0.356 e. The third-order valence-corrected chi connectivity index (χ3v) is 3.59. The van der Waals surface area contributed by atoms with Gasteiger partial charge in [0.05, 0.1) is 0 Å². The van der Waals surface area contributed by atoms with E-state index in [1.54, 1.807) is 0 Å². The lowest BCUT2D eigenvalue weighted by atomic mass is 10.2. The smallest absolute Gasteiger partial charge is 0.202 e. The normalized spacial score (nSPS) is 11.7. The van der Waals surface area contributed by atoms with Crippen LogP contribution in [0.25, 0.3) is 0 Å². The van der Waals surface area contributed by atoms with Crippen LogP contribution in [-0.2, 0) is 6.54 Å². The molecule has 0 fully saturated rings. The van der Waals surface area contributed by atoms with Gasteiger partial charge in [-0.1, -0.05) is 6.92 Å². The molecule has 0 radical (unpaired) electrons. The predicted octanol–water partition coefficient (Wildman–Crippen LogP) is 2.85. The van der Waals surface area contributed by atoms with Gasteiger partial charge in [0.2, 0.25) is 5.95 Å². The van der Waals surface area contributed by atoms with Crippen LogP contribution >= 0.6 is 11.8 Å². The average molecular weight is 227 g/mol. The number of anilines is 1. The molecule has 0 aliphatic heterocycles. The van der Waals surface area contributed by atoms with E-state index in [0.717, 1.165) is 25.5 Å². The van der Waals surface area contributed by atoms with Crippen LogP contribution in [0.1, 0.15) is 27.2 Å². The molecule has 1 heterocycles. The molecule has 0 saturated carbocycles. The maximum absolute atomic E-state index is 4.31. The van der Waals surface area contributed by atoms with Crippen molar-refractivity contribution in [3.05, 3.63) is 12.4 Å². The van der Waals surface area contributed by atoms with Gasteiger partial charge in [0.25, 0.3) is 0 Å². The van der Waals surface area contributed by atoms with Crippen LogP contribution < -0.4 is 5.32 Å². The van der Waals surface area contributed by atoms with Crippen LogP contribution in [0.2, 0.25) is 0 Å². The van der Waals surface area contributed by atoms with E-state index in [9.17, 15) is 0 Å². The molecule has 1 rings (SSSR count). The summed E-state index contributed by atoms with van der Waals surface area (Å²) in [5, 5.41) is 3.33. The summed E-state index contributed by atoms with van der Waals surface area (Å²) in [5.41, 5.74) is 0. The molecule has 0 bridgehead atoms. The molecule has 0 unspecified atom stereocenters. The van der Waals surface area contributed by atoms with E-state index < -0.39 is 0 Å². The van der Waals surface area contributed by atoms with Crippen LogP contribution in [0.5, 0.6) is 0 Å². The molecular weight excluding hydrogens is 206 g/mol. The fraction of sp³-hybridized carbons (Fsp3) is 0.727. The van der Waals surface area contributed by atoms with Crippen molar-refractivity contribution in [2.45, 2.75) is 38.5 Å². The highest BCUT2D eigenvalue weighted by atomic mass is 32.2. The Hall–Kier alpha value is -0.640. The summed E-state index contributed by atoms with van der Waals surface area (Å²) < 4.78 is 2.44. The van der Waals surface area contributed by atoms with Gasteiger partial charge in [0, 0.05) is 30.2 Å². The molecule has 3 nitrogen and oxygen atoms in total. The van der Waals surface area contributed by atoms with Gasteiger partial charge in [-0.15, -0.1) is 0 Å². The van der Waals surface area contributed by atoms with Gasteiger partial charge in [-0.25, -0.2) is 4.98 Å². The molecule has 1 aromatic rings. The topological polar surface area (TPSA) is 29.9 Å². The Bertz CT molecular complexity index is 294. The summed E-state index contributed by atoms with van der Waals surface area (Å²) in [6.45, 7) is 8.63. The SMILES string of the molecule is CCCNc1nccn1CC(C)(C)SC. The van der Waals surface area contributed by atoms with Gasteiger partial charge in [0.1, 0.15) is 0 Å². The second kappa shape index (κ2) is 5.45. The first-order valence-electron chi connectivity index (χ1n) is 5.39. The Morgan fingerprint density at radius 3 is 2.87 bits per heavy atom. The second-order valence-electron chi connectivity index (χ2n) is 4.27. The average Bonchev–Trinajstić information content (AvgIpc) is 2.62. The molecule has 0 saturated heterocycles. The first-order chi connectivity index (χ1) is 7.09. The molecule has 0 spiro atoms. The van der Waals surface area contributed by atoms with Crippen LogP contribution in [0.4, 0.5) is 5.95 Å². The van der Waals surface area contributed by atoms with Crippen molar-refractivity contribution in [1.29, 1.82) is 0 Å². The highest BCUT2D eigenvalue weighted by Crippen LogP contribution is 2.24. The molecule has 0 amide bonds. The maximum Gasteiger partial charge on any atom is 0.202 e. The zero-order chi connectivity index (χ0) is 11.3. The summed E-state index contributed by atoms with van der Waals surface area (Å²) in [5.74, 6) is 0.985. The maximum atomic E-state index is 4.31. The minimum atomic E-state index is 0.253. The molecule has 0 atom stereocenters. The molecule has 1 aromatic heterocycles. The fourth-order valence-electron chi connectivity index (χ4n) is 1.32. The predicted molar refractivity (Wildman–Crippen MR) is 68.6 cm³/mol. The summed E-state index contributed by atoms with van der Waals surface area (Å²) in [6.07, 6.45) is 7.17. The van der Waals surface area contributed by atoms with Crippen LogP contribution in [0.15, 0.2) is 12.4 Å². The number of hydrogen-bond acceptors (Lipinski definition) is 3. The van der Waals surface area contributed by atoms with Gasteiger partial charge in [-0.2, -0.15) is 11.8 Å². The number of hydrogen-bond donors (Lipinski definition) is 1. The number of aromatic nitrogens is 2. The van der Waals surface area contributed by atoms with Crippen molar-refractivity contribution < 1.29 is 0 Å². The second-order valence-corrected chi connectivity index (χ2v) is 5.78. The molecule has 4 heteroatoms. The van der Waals surface area contributed by atoms with Crippen molar-refractivity contribution in [3.8, 4) is 0 Å². The first-order valence-corrected chi connectivity index (χ1v) is 6.61. The molecule has 1 N–H and O–H groups in total. The van der Waals surface area contributed by atoms with Gasteiger partial charge in [0.15, 0.2) is 0 Å². The molecule has 0 aliphatic rings. The van der Waals surface area contributed by atoms with Crippen LogP contribution in [0.3, 0.4) is 0 Å². The standard InChI is InChI=1S/C11H21N3S/c1-5-6-12-10-13-7-8-14(10)9-11(2,3)15-4/h7-8H,5-6,9H2,1-4H3,(H,12,13). The lowest BCUT2D eigenvalue weighted by Gasteiger charge is -2.23. The van der Waals surface area contributed by atoms with Crippen molar-refractivity contribution in [1.82, 2.24) is 9.55 Å². The van der Waals surface area contributed by atoms with Crippen LogP contribution in [0, 0.1) is 0 Å². The Morgan fingerprint density at radius 2 is 2.27 bits per heavy atom. The van der Waals surface area contributed by atoms with E-state index in [2.05, 4.69) is 41.9 Å². The van der Waals surface area contributed by atoms with Gasteiger partial charge in [-0.3, -0.25) is 0 Å². The minimum Gasteiger partial charge on any atom is -0.356 e.